The molecule has 1 aromatic carbocycles. The fraction of sp³-hybridized carbons (Fsp3) is 0.600. The van der Waals surface area contributed by atoms with E-state index in [-0.39, 0.29) is 0 Å². The van der Waals surface area contributed by atoms with E-state index < -0.39 is 0 Å². The molecule has 0 aliphatic heterocycles. The molecule has 0 unspecified atom stereocenters. The van der Waals surface area contributed by atoms with Crippen molar-refractivity contribution in [1.29, 1.82) is 0 Å². The molecule has 0 bridgehead atoms. The zero-order valence-electron chi connectivity index (χ0n) is 12.1. The summed E-state index contributed by atoms with van der Waals surface area (Å²) >= 11 is 0. The molecule has 0 aromatic heterocycles. The van der Waals surface area contributed by atoms with E-state index in [1.54, 1.807) is 19.2 Å². The first-order valence-electron chi connectivity index (χ1n) is 6.81. The van der Waals surface area contributed by atoms with Crippen LogP contribution in [0.3, 0.4) is 0 Å². The molecule has 0 spiro atoms. The fourth-order valence-electron chi connectivity index (χ4n) is 1.72. The second kappa shape index (κ2) is 8.77. The number of rotatable bonds is 9. The van der Waals surface area contributed by atoms with Crippen LogP contribution in [0.15, 0.2) is 18.2 Å². The van der Waals surface area contributed by atoms with Gasteiger partial charge >= 0.3 is 0 Å². The van der Waals surface area contributed by atoms with Crippen molar-refractivity contribution >= 4 is 0 Å². The van der Waals surface area contributed by atoms with E-state index in [2.05, 4.69) is 5.32 Å². The second-order valence-electron chi connectivity index (χ2n) is 4.80. The minimum atomic E-state index is 0.302. The van der Waals surface area contributed by atoms with Gasteiger partial charge in [0, 0.05) is 18.7 Å². The topological polar surface area (TPSA) is 50.7 Å². The largest absolute Gasteiger partial charge is 0.508 e. The summed E-state index contributed by atoms with van der Waals surface area (Å²) < 4.78 is 10.6. The maximum Gasteiger partial charge on any atom is 0.120 e. The van der Waals surface area contributed by atoms with Gasteiger partial charge in [-0.15, -0.1) is 0 Å². The molecule has 1 aromatic rings. The van der Waals surface area contributed by atoms with E-state index in [0.29, 0.717) is 18.4 Å². The van der Waals surface area contributed by atoms with Gasteiger partial charge in [0.25, 0.3) is 0 Å². The zero-order valence-corrected chi connectivity index (χ0v) is 12.1. The van der Waals surface area contributed by atoms with E-state index >= 15 is 0 Å². The SMILES string of the molecule is COc1ccc(O)c(CNCCCCOC(C)C)c1. The summed E-state index contributed by atoms with van der Waals surface area (Å²) in [5.41, 5.74) is 0.859. The Bertz CT molecular complexity index is 366. The maximum absolute atomic E-state index is 9.72. The van der Waals surface area contributed by atoms with E-state index in [1.165, 1.54) is 0 Å². The summed E-state index contributed by atoms with van der Waals surface area (Å²) in [5, 5.41) is 13.0. The third-order valence-corrected chi connectivity index (χ3v) is 2.80. The molecule has 0 amide bonds. The summed E-state index contributed by atoms with van der Waals surface area (Å²) in [6.07, 6.45) is 2.42. The van der Waals surface area contributed by atoms with Gasteiger partial charge in [0.2, 0.25) is 0 Å². The molecular weight excluding hydrogens is 242 g/mol. The van der Waals surface area contributed by atoms with Gasteiger partial charge in [0.1, 0.15) is 11.5 Å². The van der Waals surface area contributed by atoms with Crippen LogP contribution in [0.4, 0.5) is 0 Å². The smallest absolute Gasteiger partial charge is 0.120 e. The van der Waals surface area contributed by atoms with E-state index in [9.17, 15) is 5.11 Å². The number of methoxy groups -OCH3 is 1. The van der Waals surface area contributed by atoms with Gasteiger partial charge < -0.3 is 19.9 Å². The predicted octanol–water partition coefficient (Wildman–Crippen LogP) is 2.70. The lowest BCUT2D eigenvalue weighted by atomic mass is 10.2. The molecule has 1 rings (SSSR count). The third-order valence-electron chi connectivity index (χ3n) is 2.80. The average molecular weight is 267 g/mol. The van der Waals surface area contributed by atoms with E-state index in [0.717, 1.165) is 37.3 Å². The molecule has 0 saturated heterocycles. The lowest BCUT2D eigenvalue weighted by molar-refractivity contribution is 0.0760. The molecule has 0 saturated carbocycles. The molecule has 0 fully saturated rings. The molecule has 108 valence electrons. The Labute approximate surface area is 115 Å². The van der Waals surface area contributed by atoms with Crippen molar-refractivity contribution in [1.82, 2.24) is 5.32 Å². The number of hydrogen-bond donors (Lipinski definition) is 2. The van der Waals surface area contributed by atoms with Crippen LogP contribution in [0.5, 0.6) is 11.5 Å². The highest BCUT2D eigenvalue weighted by Crippen LogP contribution is 2.22. The molecule has 4 nitrogen and oxygen atoms in total. The maximum atomic E-state index is 9.72. The van der Waals surface area contributed by atoms with Gasteiger partial charge in [-0.25, -0.2) is 0 Å². The number of hydrogen-bond acceptors (Lipinski definition) is 4. The van der Waals surface area contributed by atoms with Crippen LogP contribution in [0.1, 0.15) is 32.3 Å². The number of nitrogens with one attached hydrogen (secondary N) is 1. The van der Waals surface area contributed by atoms with Crippen LogP contribution in [0.25, 0.3) is 0 Å². The number of phenols is 1. The van der Waals surface area contributed by atoms with Crippen molar-refractivity contribution in [3.8, 4) is 11.5 Å². The van der Waals surface area contributed by atoms with Gasteiger partial charge in [-0.2, -0.15) is 0 Å². The highest BCUT2D eigenvalue weighted by atomic mass is 16.5. The van der Waals surface area contributed by atoms with Crippen molar-refractivity contribution in [3.63, 3.8) is 0 Å². The van der Waals surface area contributed by atoms with Crippen LogP contribution in [-0.4, -0.2) is 31.5 Å². The Kier molecular flexibility index (Phi) is 7.30. The molecule has 4 heteroatoms. The van der Waals surface area contributed by atoms with Gasteiger partial charge in [-0.3, -0.25) is 0 Å². The summed E-state index contributed by atoms with van der Waals surface area (Å²) in [6, 6.07) is 5.26. The van der Waals surface area contributed by atoms with Gasteiger partial charge in [0.15, 0.2) is 0 Å². The summed E-state index contributed by atoms with van der Waals surface area (Å²) in [4.78, 5) is 0. The van der Waals surface area contributed by atoms with E-state index in [1.807, 2.05) is 19.9 Å². The highest BCUT2D eigenvalue weighted by molar-refractivity contribution is 5.39. The Hall–Kier alpha value is -1.26. The van der Waals surface area contributed by atoms with Gasteiger partial charge in [0.05, 0.1) is 13.2 Å². The molecule has 2 N–H and O–H groups in total. The summed E-state index contributed by atoms with van der Waals surface area (Å²) in [7, 11) is 1.62. The Balaban J connectivity index is 2.18. The Morgan fingerprint density at radius 2 is 2.05 bits per heavy atom. The molecule has 0 aliphatic rings. The van der Waals surface area contributed by atoms with Crippen LogP contribution < -0.4 is 10.1 Å². The molecule has 0 aliphatic carbocycles. The lowest BCUT2D eigenvalue weighted by Crippen LogP contribution is -2.15. The number of unbranched alkanes of at least 4 members (excludes halogenated alkanes) is 1. The Morgan fingerprint density at radius 3 is 2.74 bits per heavy atom. The first kappa shape index (κ1) is 15.8. The normalized spacial score (nSPS) is 10.9. The number of aromatic hydroxyl groups is 1. The predicted molar refractivity (Wildman–Crippen MR) is 76.7 cm³/mol. The van der Waals surface area contributed by atoms with Crippen molar-refractivity contribution in [3.05, 3.63) is 23.8 Å². The minimum Gasteiger partial charge on any atom is -0.508 e. The number of ether oxygens (including phenoxy) is 2. The summed E-state index contributed by atoms with van der Waals surface area (Å²) in [6.45, 7) is 6.46. The first-order chi connectivity index (χ1) is 9.13. The number of benzene rings is 1. The monoisotopic (exact) mass is 267 g/mol. The van der Waals surface area contributed by atoms with Crippen LogP contribution >= 0.6 is 0 Å². The van der Waals surface area contributed by atoms with Crippen LogP contribution in [-0.2, 0) is 11.3 Å². The average Bonchev–Trinajstić information content (AvgIpc) is 2.39. The minimum absolute atomic E-state index is 0.302. The molecule has 0 atom stereocenters. The fourth-order valence-corrected chi connectivity index (χ4v) is 1.72. The van der Waals surface area contributed by atoms with Crippen molar-refractivity contribution < 1.29 is 14.6 Å². The van der Waals surface area contributed by atoms with Gasteiger partial charge in [-0.05, 0) is 51.4 Å². The quantitative estimate of drug-likeness (QED) is 0.675. The number of phenolic OH excluding ortho intramolecular Hbond substituents is 1. The van der Waals surface area contributed by atoms with Crippen molar-refractivity contribution in [2.75, 3.05) is 20.3 Å². The molecule has 0 radical (unpaired) electrons. The van der Waals surface area contributed by atoms with Crippen molar-refractivity contribution in [2.45, 2.75) is 39.3 Å². The zero-order chi connectivity index (χ0) is 14.1. The Morgan fingerprint density at radius 1 is 1.26 bits per heavy atom. The molecule has 0 heterocycles. The third kappa shape index (κ3) is 6.45. The van der Waals surface area contributed by atoms with E-state index in [4.69, 9.17) is 9.47 Å². The van der Waals surface area contributed by atoms with Crippen molar-refractivity contribution in [2.24, 2.45) is 0 Å². The second-order valence-corrected chi connectivity index (χ2v) is 4.80. The lowest BCUT2D eigenvalue weighted by Gasteiger charge is -2.09. The summed E-state index contributed by atoms with van der Waals surface area (Å²) in [5.74, 6) is 1.07. The molecule has 19 heavy (non-hydrogen) atoms. The van der Waals surface area contributed by atoms with Gasteiger partial charge in [-0.1, -0.05) is 0 Å². The standard InChI is InChI=1S/C15H25NO3/c1-12(2)19-9-5-4-8-16-11-13-10-14(18-3)6-7-15(13)17/h6-7,10,12,16-17H,4-5,8-9,11H2,1-3H3. The highest BCUT2D eigenvalue weighted by Gasteiger charge is 2.02. The molecular formula is C15H25NO3. The van der Waals surface area contributed by atoms with Crippen LogP contribution in [0, 0.1) is 0 Å². The first-order valence-corrected chi connectivity index (χ1v) is 6.81. The van der Waals surface area contributed by atoms with Crippen LogP contribution in [0.2, 0.25) is 0 Å².